The lowest BCUT2D eigenvalue weighted by atomic mass is 9.67. The average Bonchev–Trinajstić information content (AvgIpc) is 3.20. The Labute approximate surface area is 171 Å². The van der Waals surface area contributed by atoms with Crippen molar-refractivity contribution in [2.75, 3.05) is 16.8 Å². The maximum absolute atomic E-state index is 13.6. The summed E-state index contributed by atoms with van der Waals surface area (Å²) in [7, 11) is -2.89. The van der Waals surface area contributed by atoms with E-state index in [4.69, 9.17) is 9.15 Å². The molecule has 1 aromatic carbocycles. The van der Waals surface area contributed by atoms with Gasteiger partial charge in [0.2, 0.25) is 11.6 Å². The lowest BCUT2D eigenvalue weighted by Gasteiger charge is -2.53. The molecule has 0 atom stereocenters. The number of nitrogens with zero attached hydrogens (tertiary/aromatic N) is 4. The summed E-state index contributed by atoms with van der Waals surface area (Å²) in [6.45, 7) is 0. The molecule has 29 heavy (non-hydrogen) atoms. The zero-order valence-corrected chi connectivity index (χ0v) is 17.0. The third-order valence-corrected chi connectivity index (χ3v) is 7.93. The van der Waals surface area contributed by atoms with Gasteiger partial charge in [0.1, 0.15) is 5.82 Å². The maximum Gasteiger partial charge on any atom is 0.446 e. The van der Waals surface area contributed by atoms with E-state index in [9.17, 15) is 17.6 Å². The van der Waals surface area contributed by atoms with Crippen molar-refractivity contribution in [1.82, 2.24) is 20.0 Å². The lowest BCUT2D eigenvalue weighted by Crippen LogP contribution is -2.60. The van der Waals surface area contributed by atoms with Crippen molar-refractivity contribution in [2.24, 2.45) is 5.41 Å². The molecule has 1 saturated heterocycles. The van der Waals surface area contributed by atoms with Crippen molar-refractivity contribution in [1.29, 1.82) is 0 Å². The van der Waals surface area contributed by atoms with Crippen molar-refractivity contribution < 1.29 is 22.0 Å². The monoisotopic (exact) mass is 485 g/mol. The number of hydrogen-bond acceptors (Lipinski definition) is 9. The van der Waals surface area contributed by atoms with Crippen LogP contribution in [-0.2, 0) is 9.84 Å². The third kappa shape index (κ3) is 3.08. The molecule has 2 aromatic heterocycles. The van der Waals surface area contributed by atoms with E-state index in [1.54, 1.807) is 0 Å². The van der Waals surface area contributed by atoms with E-state index in [-0.39, 0.29) is 44.8 Å². The number of anilines is 1. The van der Waals surface area contributed by atoms with Crippen molar-refractivity contribution >= 4 is 31.6 Å². The van der Waals surface area contributed by atoms with Crippen LogP contribution in [0.25, 0.3) is 17.2 Å². The minimum absolute atomic E-state index is 0.00295. The van der Waals surface area contributed by atoms with Gasteiger partial charge >= 0.3 is 5.76 Å². The minimum atomic E-state index is -2.89. The average molecular weight is 486 g/mol. The first-order valence-corrected chi connectivity index (χ1v) is 11.2. The summed E-state index contributed by atoms with van der Waals surface area (Å²) in [5, 5.41) is 14.6. The molecule has 2 aliphatic rings. The fourth-order valence-corrected chi connectivity index (χ4v) is 6.71. The number of rotatable bonds is 4. The Balaban J connectivity index is 1.42. The van der Waals surface area contributed by atoms with Gasteiger partial charge in [0.05, 0.1) is 21.7 Å². The molecule has 0 amide bonds. The second-order valence-electron chi connectivity index (χ2n) is 7.45. The van der Waals surface area contributed by atoms with Crippen LogP contribution in [0.5, 0.6) is 0 Å². The SMILES string of the molecule is O=c1onc(-c2nonc2NC2CC3(C2)CS(=O)(=O)C3)n1-c1ccc(F)c(Br)c1. The van der Waals surface area contributed by atoms with E-state index in [0.717, 1.165) is 4.57 Å². The Morgan fingerprint density at radius 2 is 2.00 bits per heavy atom. The Morgan fingerprint density at radius 3 is 2.69 bits per heavy atom. The standard InChI is InChI=1S/C16H13BrFN5O5S/c17-10-3-9(1-2-11(10)18)23-14(22-27-15(23)24)12-13(21-28-20-12)19-8-4-16(5-8)6-29(25,26)7-16/h1-3,8H,4-7H2,(H,19,21). The number of hydrogen-bond donors (Lipinski definition) is 1. The van der Waals surface area contributed by atoms with Crippen LogP contribution in [0.1, 0.15) is 12.8 Å². The zero-order chi connectivity index (χ0) is 20.4. The molecular formula is C16H13BrFN5O5S. The molecule has 152 valence electrons. The lowest BCUT2D eigenvalue weighted by molar-refractivity contribution is 0.153. The van der Waals surface area contributed by atoms with Crippen LogP contribution < -0.4 is 11.1 Å². The third-order valence-electron chi connectivity index (χ3n) is 5.22. The van der Waals surface area contributed by atoms with Gasteiger partial charge in [0.25, 0.3) is 0 Å². The zero-order valence-electron chi connectivity index (χ0n) is 14.6. The molecule has 1 saturated carbocycles. The van der Waals surface area contributed by atoms with Crippen LogP contribution in [0.4, 0.5) is 10.2 Å². The van der Waals surface area contributed by atoms with Crippen LogP contribution in [0.15, 0.2) is 36.6 Å². The van der Waals surface area contributed by atoms with Crippen LogP contribution in [-0.4, -0.2) is 46.0 Å². The number of nitrogens with one attached hydrogen (secondary N) is 1. The molecule has 0 bridgehead atoms. The molecule has 3 heterocycles. The Bertz CT molecular complexity index is 1260. The summed E-state index contributed by atoms with van der Waals surface area (Å²) >= 11 is 3.08. The van der Waals surface area contributed by atoms with E-state index in [1.165, 1.54) is 18.2 Å². The summed E-state index contributed by atoms with van der Waals surface area (Å²) in [4.78, 5) is 12.2. The van der Waals surface area contributed by atoms with Crippen molar-refractivity contribution in [3.05, 3.63) is 39.0 Å². The van der Waals surface area contributed by atoms with Crippen molar-refractivity contribution in [3.8, 4) is 17.2 Å². The second kappa shape index (κ2) is 6.23. The van der Waals surface area contributed by atoms with E-state index in [0.29, 0.717) is 18.5 Å². The number of halogens is 2. The Kier molecular flexibility index (Phi) is 3.97. The fraction of sp³-hybridized carbons (Fsp3) is 0.375. The first-order chi connectivity index (χ1) is 13.8. The highest BCUT2D eigenvalue weighted by Gasteiger charge is 2.56. The molecule has 1 aliphatic carbocycles. The fourth-order valence-electron chi connectivity index (χ4n) is 4.09. The van der Waals surface area contributed by atoms with Gasteiger partial charge in [-0.25, -0.2) is 26.8 Å². The highest BCUT2D eigenvalue weighted by atomic mass is 79.9. The van der Waals surface area contributed by atoms with Crippen LogP contribution in [0.2, 0.25) is 0 Å². The molecule has 1 spiro atoms. The minimum Gasteiger partial charge on any atom is -0.362 e. The molecule has 10 nitrogen and oxygen atoms in total. The quantitative estimate of drug-likeness (QED) is 0.586. The van der Waals surface area contributed by atoms with Gasteiger partial charge in [0.15, 0.2) is 15.5 Å². The maximum atomic E-state index is 13.6. The summed E-state index contributed by atoms with van der Waals surface area (Å²) in [6.07, 6.45) is 1.38. The second-order valence-corrected chi connectivity index (χ2v) is 10.4. The van der Waals surface area contributed by atoms with Gasteiger partial charge in [-0.2, -0.15) is 0 Å². The molecule has 13 heteroatoms. The highest BCUT2D eigenvalue weighted by molar-refractivity contribution is 9.10. The predicted octanol–water partition coefficient (Wildman–Crippen LogP) is 1.77. The van der Waals surface area contributed by atoms with E-state index >= 15 is 0 Å². The molecule has 0 radical (unpaired) electrons. The van der Waals surface area contributed by atoms with E-state index < -0.39 is 21.4 Å². The first kappa shape index (κ1) is 18.5. The Hall–Kier alpha value is -2.54. The van der Waals surface area contributed by atoms with Crippen LogP contribution in [0.3, 0.4) is 0 Å². The van der Waals surface area contributed by atoms with Crippen molar-refractivity contribution in [2.45, 2.75) is 18.9 Å². The van der Waals surface area contributed by atoms with Crippen LogP contribution in [0, 0.1) is 11.2 Å². The number of sulfone groups is 1. The van der Waals surface area contributed by atoms with Crippen molar-refractivity contribution in [3.63, 3.8) is 0 Å². The summed E-state index contributed by atoms with van der Waals surface area (Å²) in [5.41, 5.74) is 0.318. The van der Waals surface area contributed by atoms with Gasteiger partial charge in [-0.15, -0.1) is 0 Å². The van der Waals surface area contributed by atoms with E-state index in [1.807, 2.05) is 0 Å². The highest BCUT2D eigenvalue weighted by Crippen LogP contribution is 2.50. The predicted molar refractivity (Wildman–Crippen MR) is 101 cm³/mol. The summed E-state index contributed by atoms with van der Waals surface area (Å²) in [6, 6.07) is 4.01. The molecule has 1 N–H and O–H groups in total. The summed E-state index contributed by atoms with van der Waals surface area (Å²) in [5.74, 6) is -0.543. The van der Waals surface area contributed by atoms with Gasteiger partial charge in [-0.05, 0) is 57.3 Å². The number of benzene rings is 1. The first-order valence-electron chi connectivity index (χ1n) is 8.59. The normalized spacial score (nSPS) is 19.7. The molecule has 2 fully saturated rings. The summed E-state index contributed by atoms with van der Waals surface area (Å²) < 4.78 is 47.3. The van der Waals surface area contributed by atoms with Gasteiger partial charge in [0, 0.05) is 11.5 Å². The van der Waals surface area contributed by atoms with Gasteiger partial charge in [-0.1, -0.05) is 5.16 Å². The smallest absolute Gasteiger partial charge is 0.362 e. The molecule has 3 aromatic rings. The van der Waals surface area contributed by atoms with E-state index in [2.05, 4.69) is 36.7 Å². The van der Waals surface area contributed by atoms with Gasteiger partial charge in [-0.3, -0.25) is 4.52 Å². The molecular weight excluding hydrogens is 473 g/mol. The number of aromatic nitrogens is 4. The molecule has 5 rings (SSSR count). The van der Waals surface area contributed by atoms with Gasteiger partial charge < -0.3 is 5.32 Å². The van der Waals surface area contributed by atoms with Crippen LogP contribution >= 0.6 is 15.9 Å². The largest absolute Gasteiger partial charge is 0.446 e. The molecule has 0 unspecified atom stereocenters. The molecule has 1 aliphatic heterocycles. The Morgan fingerprint density at radius 1 is 1.24 bits per heavy atom. The topological polar surface area (TPSA) is 133 Å².